The maximum atomic E-state index is 12.5. The van der Waals surface area contributed by atoms with Crippen LogP contribution in [-0.2, 0) is 16.2 Å². The van der Waals surface area contributed by atoms with Gasteiger partial charge in [-0.25, -0.2) is 8.42 Å². The second-order valence-corrected chi connectivity index (χ2v) is 8.34. The Hall–Kier alpha value is -0.900. The van der Waals surface area contributed by atoms with E-state index in [1.165, 1.54) is 17.1 Å². The van der Waals surface area contributed by atoms with Crippen molar-refractivity contribution in [2.24, 2.45) is 5.92 Å². The SMILES string of the molecule is Cl.O=S(=O)(c1ccc(C(F)(F)F)nc1)N1CCC(NCC2CC2)CC1. The lowest BCUT2D eigenvalue weighted by Gasteiger charge is -2.31. The summed E-state index contributed by atoms with van der Waals surface area (Å²) in [6.07, 6.45) is 0.159. The normalized spacial score (nSPS) is 20.3. The fraction of sp³-hybridized carbons (Fsp3) is 0.667. The molecular weight excluding hydrogens is 379 g/mol. The number of aromatic nitrogens is 1. The molecule has 0 aromatic carbocycles. The Labute approximate surface area is 151 Å². The maximum Gasteiger partial charge on any atom is 0.433 e. The van der Waals surface area contributed by atoms with E-state index in [9.17, 15) is 21.6 Å². The average molecular weight is 400 g/mol. The first-order chi connectivity index (χ1) is 11.3. The predicted molar refractivity (Wildman–Crippen MR) is 89.0 cm³/mol. The maximum absolute atomic E-state index is 12.5. The Morgan fingerprint density at radius 2 is 1.80 bits per heavy atom. The van der Waals surface area contributed by atoms with Gasteiger partial charge in [0.1, 0.15) is 10.6 Å². The van der Waals surface area contributed by atoms with Gasteiger partial charge in [0.25, 0.3) is 0 Å². The lowest BCUT2D eigenvalue weighted by atomic mass is 10.1. The molecule has 1 saturated heterocycles. The van der Waals surface area contributed by atoms with Crippen LogP contribution in [0.15, 0.2) is 23.2 Å². The van der Waals surface area contributed by atoms with Crippen LogP contribution in [0.1, 0.15) is 31.4 Å². The minimum absolute atomic E-state index is 0. The van der Waals surface area contributed by atoms with E-state index in [2.05, 4.69) is 10.3 Å². The molecular formula is C15H21ClF3N3O2S. The minimum Gasteiger partial charge on any atom is -0.314 e. The number of nitrogens with one attached hydrogen (secondary N) is 1. The molecule has 1 N–H and O–H groups in total. The van der Waals surface area contributed by atoms with E-state index >= 15 is 0 Å². The second kappa shape index (κ2) is 7.77. The van der Waals surface area contributed by atoms with Gasteiger partial charge in [0.15, 0.2) is 0 Å². The summed E-state index contributed by atoms with van der Waals surface area (Å²) in [6.45, 7) is 1.72. The number of rotatable bonds is 5. The fourth-order valence-electron chi connectivity index (χ4n) is 2.81. The summed E-state index contributed by atoms with van der Waals surface area (Å²) in [5.41, 5.74) is -1.09. The van der Waals surface area contributed by atoms with Crippen LogP contribution in [0.25, 0.3) is 0 Å². The lowest BCUT2D eigenvalue weighted by Crippen LogP contribution is -2.45. The fourth-order valence-corrected chi connectivity index (χ4v) is 4.22. The summed E-state index contributed by atoms with van der Waals surface area (Å²) >= 11 is 0. The van der Waals surface area contributed by atoms with Crippen molar-refractivity contribution < 1.29 is 21.6 Å². The van der Waals surface area contributed by atoms with Crippen LogP contribution in [0.5, 0.6) is 0 Å². The average Bonchev–Trinajstić information content (AvgIpc) is 3.37. The Morgan fingerprint density at radius 1 is 1.16 bits per heavy atom. The number of halogens is 4. The smallest absolute Gasteiger partial charge is 0.314 e. The summed E-state index contributed by atoms with van der Waals surface area (Å²) in [4.78, 5) is 3.04. The zero-order valence-electron chi connectivity index (χ0n) is 13.5. The van der Waals surface area contributed by atoms with Gasteiger partial charge in [0, 0.05) is 25.3 Å². The van der Waals surface area contributed by atoms with Gasteiger partial charge in [-0.3, -0.25) is 4.98 Å². The molecule has 5 nitrogen and oxygen atoms in total. The van der Waals surface area contributed by atoms with E-state index in [4.69, 9.17) is 0 Å². The first kappa shape index (κ1) is 20.4. The van der Waals surface area contributed by atoms with Crippen LogP contribution in [0.2, 0.25) is 0 Å². The van der Waals surface area contributed by atoms with Gasteiger partial charge in [-0.05, 0) is 50.3 Å². The van der Waals surface area contributed by atoms with Gasteiger partial charge in [0.2, 0.25) is 10.0 Å². The topological polar surface area (TPSA) is 62.3 Å². The number of piperidine rings is 1. The number of sulfonamides is 1. The minimum atomic E-state index is -4.58. The van der Waals surface area contributed by atoms with Crippen molar-refractivity contribution in [3.63, 3.8) is 0 Å². The number of pyridine rings is 1. The molecule has 2 aliphatic rings. The van der Waals surface area contributed by atoms with Crippen molar-refractivity contribution >= 4 is 22.4 Å². The molecule has 0 amide bonds. The standard InChI is InChI=1S/C15H20F3N3O2S.ClH/c16-15(17,18)14-4-3-13(10-20-14)24(22,23)21-7-5-12(6-8-21)19-9-11-1-2-11;/h3-4,10-12,19H,1-2,5-9H2;1H. The lowest BCUT2D eigenvalue weighted by molar-refractivity contribution is -0.141. The molecule has 2 heterocycles. The van der Waals surface area contributed by atoms with Crippen molar-refractivity contribution in [2.75, 3.05) is 19.6 Å². The summed E-state index contributed by atoms with van der Waals surface area (Å²) in [7, 11) is -3.79. The predicted octanol–water partition coefficient (Wildman–Crippen LogP) is 2.67. The van der Waals surface area contributed by atoms with Gasteiger partial charge in [0.05, 0.1) is 0 Å². The molecule has 0 atom stereocenters. The van der Waals surface area contributed by atoms with Crippen LogP contribution in [0.3, 0.4) is 0 Å². The van der Waals surface area contributed by atoms with E-state index < -0.39 is 21.9 Å². The zero-order valence-corrected chi connectivity index (χ0v) is 15.1. The van der Waals surface area contributed by atoms with Gasteiger partial charge in [-0.15, -0.1) is 12.4 Å². The van der Waals surface area contributed by atoms with Crippen LogP contribution >= 0.6 is 12.4 Å². The first-order valence-electron chi connectivity index (χ1n) is 8.03. The van der Waals surface area contributed by atoms with Crippen molar-refractivity contribution in [1.29, 1.82) is 0 Å². The molecule has 1 aromatic heterocycles. The van der Waals surface area contributed by atoms with E-state index in [0.717, 1.165) is 24.7 Å². The zero-order chi connectivity index (χ0) is 17.4. The largest absolute Gasteiger partial charge is 0.433 e. The van der Waals surface area contributed by atoms with Gasteiger partial charge < -0.3 is 5.32 Å². The van der Waals surface area contributed by atoms with Crippen molar-refractivity contribution in [1.82, 2.24) is 14.6 Å². The molecule has 25 heavy (non-hydrogen) atoms. The summed E-state index contributed by atoms with van der Waals surface area (Å²) < 4.78 is 63.9. The molecule has 0 radical (unpaired) electrons. The second-order valence-electron chi connectivity index (χ2n) is 6.41. The monoisotopic (exact) mass is 399 g/mol. The van der Waals surface area contributed by atoms with Crippen LogP contribution in [0.4, 0.5) is 13.2 Å². The van der Waals surface area contributed by atoms with E-state index in [1.807, 2.05) is 0 Å². The molecule has 2 fully saturated rings. The number of alkyl halides is 3. The quantitative estimate of drug-likeness (QED) is 0.826. The van der Waals surface area contributed by atoms with E-state index in [1.54, 1.807) is 0 Å². The highest BCUT2D eigenvalue weighted by atomic mass is 35.5. The Kier molecular flexibility index (Phi) is 6.35. The third-order valence-corrected chi connectivity index (χ3v) is 6.39. The molecule has 1 aromatic rings. The molecule has 1 saturated carbocycles. The molecule has 0 spiro atoms. The molecule has 10 heteroatoms. The highest BCUT2D eigenvalue weighted by Crippen LogP contribution is 2.29. The summed E-state index contributed by atoms with van der Waals surface area (Å²) in [6, 6.07) is 1.99. The summed E-state index contributed by atoms with van der Waals surface area (Å²) in [5, 5.41) is 3.46. The van der Waals surface area contributed by atoms with Crippen LogP contribution in [-0.4, -0.2) is 43.4 Å². The molecule has 1 aliphatic carbocycles. The van der Waals surface area contributed by atoms with Gasteiger partial charge in [-0.2, -0.15) is 17.5 Å². The molecule has 142 valence electrons. The van der Waals surface area contributed by atoms with E-state index in [0.29, 0.717) is 38.0 Å². The third kappa shape index (κ3) is 5.06. The third-order valence-electron chi connectivity index (χ3n) is 4.51. The number of nitrogens with zero attached hydrogens (tertiary/aromatic N) is 2. The van der Waals surface area contributed by atoms with Crippen molar-refractivity contribution in [2.45, 2.75) is 42.8 Å². The Bertz CT molecular complexity index is 670. The molecule has 0 bridgehead atoms. The van der Waals surface area contributed by atoms with Gasteiger partial charge in [-0.1, -0.05) is 0 Å². The van der Waals surface area contributed by atoms with E-state index in [-0.39, 0.29) is 17.3 Å². The Morgan fingerprint density at radius 3 is 2.28 bits per heavy atom. The van der Waals surface area contributed by atoms with Crippen molar-refractivity contribution in [3.05, 3.63) is 24.0 Å². The molecule has 0 unspecified atom stereocenters. The van der Waals surface area contributed by atoms with Gasteiger partial charge >= 0.3 is 6.18 Å². The first-order valence-corrected chi connectivity index (χ1v) is 9.47. The Balaban J connectivity index is 0.00000225. The summed E-state index contributed by atoms with van der Waals surface area (Å²) in [5.74, 6) is 0.769. The highest BCUT2D eigenvalue weighted by molar-refractivity contribution is 7.89. The molecule has 3 rings (SSSR count). The van der Waals surface area contributed by atoms with Crippen LogP contribution < -0.4 is 5.32 Å². The molecule has 1 aliphatic heterocycles. The number of hydrogen-bond acceptors (Lipinski definition) is 4. The highest BCUT2D eigenvalue weighted by Gasteiger charge is 2.34. The van der Waals surface area contributed by atoms with Crippen molar-refractivity contribution in [3.8, 4) is 0 Å². The van der Waals surface area contributed by atoms with Crippen LogP contribution in [0, 0.1) is 5.92 Å². The number of hydrogen-bond donors (Lipinski definition) is 1.